The summed E-state index contributed by atoms with van der Waals surface area (Å²) in [6.07, 6.45) is 5.96. The molecule has 59 heavy (non-hydrogen) atoms. The number of piperidine rings is 1. The first-order chi connectivity index (χ1) is 28.1. The molecule has 308 valence electrons. The summed E-state index contributed by atoms with van der Waals surface area (Å²) in [4.78, 5) is 33.7. The van der Waals surface area contributed by atoms with Crippen molar-refractivity contribution < 1.29 is 27.2 Å². The van der Waals surface area contributed by atoms with Gasteiger partial charge in [-0.1, -0.05) is 12.8 Å². The van der Waals surface area contributed by atoms with Crippen LogP contribution in [0, 0.1) is 17.1 Å². The quantitative estimate of drug-likeness (QED) is 0.0657. The van der Waals surface area contributed by atoms with E-state index < -0.39 is 40.5 Å². The zero-order valence-corrected chi connectivity index (χ0v) is 34.5. The van der Waals surface area contributed by atoms with Crippen LogP contribution in [0.1, 0.15) is 85.5 Å². The van der Waals surface area contributed by atoms with Gasteiger partial charge in [0.2, 0.25) is 0 Å². The molecule has 0 aliphatic carbocycles. The van der Waals surface area contributed by atoms with Gasteiger partial charge in [0.15, 0.2) is 10.8 Å². The lowest BCUT2D eigenvalue weighted by Crippen LogP contribution is -2.44. The van der Waals surface area contributed by atoms with Gasteiger partial charge in [-0.2, -0.15) is 33.1 Å². The highest BCUT2D eigenvalue weighted by molar-refractivity contribution is 9.10. The number of halogens is 5. The Kier molecular flexibility index (Phi) is 11.8. The molecular formula is C40H40BrF4N11O2S. The van der Waals surface area contributed by atoms with Crippen LogP contribution in [0.4, 0.5) is 34.8 Å². The Morgan fingerprint density at radius 2 is 1.88 bits per heavy atom. The number of carbonyl (C=O) groups excluding carboxylic acids is 2. The Morgan fingerprint density at radius 1 is 1.12 bits per heavy atom. The van der Waals surface area contributed by atoms with E-state index in [9.17, 15) is 28.0 Å². The number of hydrogen-bond donors (Lipinski definition) is 3. The fourth-order valence-electron chi connectivity index (χ4n) is 7.53. The summed E-state index contributed by atoms with van der Waals surface area (Å²) >= 11 is 9.18. The summed E-state index contributed by atoms with van der Waals surface area (Å²) in [5, 5.41) is 24.2. The van der Waals surface area contributed by atoms with Crippen molar-refractivity contribution in [2.75, 3.05) is 35.2 Å². The third-order valence-corrected chi connectivity index (χ3v) is 11.9. The van der Waals surface area contributed by atoms with Crippen LogP contribution in [-0.4, -0.2) is 66.5 Å². The first kappa shape index (κ1) is 41.7. The number of anilines is 3. The van der Waals surface area contributed by atoms with Gasteiger partial charge in [0.1, 0.15) is 17.2 Å². The highest BCUT2D eigenvalue weighted by atomic mass is 79.9. The molecule has 1 atom stereocenters. The Labute approximate surface area is 350 Å². The molecule has 2 saturated heterocycles. The monoisotopic (exact) mass is 893 g/mol. The first-order valence-electron chi connectivity index (χ1n) is 19.1. The van der Waals surface area contributed by atoms with Crippen molar-refractivity contribution in [3.8, 4) is 17.2 Å². The number of unbranched alkanes of at least 4 members (excludes halogenated alkanes) is 3. The third kappa shape index (κ3) is 8.13. The van der Waals surface area contributed by atoms with Gasteiger partial charge < -0.3 is 21.3 Å². The molecule has 19 heteroatoms. The Hall–Kier alpha value is -5.45. The minimum absolute atomic E-state index is 0.133. The zero-order chi connectivity index (χ0) is 42.2. The minimum Gasteiger partial charge on any atom is -0.383 e. The topological polar surface area (TPSA) is 162 Å². The lowest BCUT2D eigenvalue weighted by molar-refractivity contribution is -0.137. The number of aryl methyl sites for hydroxylation is 1. The molecule has 3 aromatic heterocycles. The van der Waals surface area contributed by atoms with Crippen molar-refractivity contribution in [3.05, 3.63) is 87.7 Å². The van der Waals surface area contributed by atoms with Gasteiger partial charge in [-0.25, -0.2) is 9.37 Å². The molecule has 0 bridgehead atoms. The van der Waals surface area contributed by atoms with Crippen molar-refractivity contribution in [2.24, 2.45) is 0 Å². The average molecular weight is 895 g/mol. The number of rotatable bonds is 12. The molecule has 0 radical (unpaired) electrons. The molecule has 2 aliphatic heterocycles. The van der Waals surface area contributed by atoms with Crippen molar-refractivity contribution in [1.82, 2.24) is 35.0 Å². The lowest BCUT2D eigenvalue weighted by Gasteiger charge is -2.29. The molecule has 5 aromatic rings. The normalized spacial score (nSPS) is 16.9. The molecule has 2 aliphatic rings. The van der Waals surface area contributed by atoms with Crippen molar-refractivity contribution in [2.45, 2.75) is 76.6 Å². The van der Waals surface area contributed by atoms with E-state index >= 15 is 4.39 Å². The molecule has 2 aromatic carbocycles. The summed E-state index contributed by atoms with van der Waals surface area (Å²) in [5.74, 6) is -1.37. The Bertz CT molecular complexity index is 2490. The molecule has 0 spiro atoms. The van der Waals surface area contributed by atoms with Gasteiger partial charge in [-0.05, 0) is 111 Å². The van der Waals surface area contributed by atoms with Crippen LogP contribution < -0.4 is 26.2 Å². The summed E-state index contributed by atoms with van der Waals surface area (Å²) in [6.45, 7) is 5.85. The number of benzene rings is 2. The fraction of sp³-hybridized carbons (Fsp3) is 0.375. The number of nitrogens with zero attached hydrogens (tertiary/aromatic N) is 8. The van der Waals surface area contributed by atoms with Gasteiger partial charge in [0.05, 0.1) is 51.0 Å². The average Bonchev–Trinajstić information content (AvgIpc) is 3.90. The van der Waals surface area contributed by atoms with Crippen LogP contribution in [0.3, 0.4) is 0 Å². The number of amides is 2. The largest absolute Gasteiger partial charge is 0.417 e. The molecule has 5 heterocycles. The number of nitrogens with two attached hydrogens (primary N) is 1. The molecule has 2 amide bonds. The van der Waals surface area contributed by atoms with Crippen LogP contribution in [0.15, 0.2) is 59.5 Å². The van der Waals surface area contributed by atoms with Crippen LogP contribution in [0.25, 0.3) is 16.8 Å². The van der Waals surface area contributed by atoms with Gasteiger partial charge in [0, 0.05) is 48.6 Å². The number of nitrogen functional groups attached to an aromatic ring is 1. The second kappa shape index (κ2) is 16.7. The maximum Gasteiger partial charge on any atom is 0.417 e. The number of fused-ring (bicyclic) bond motifs is 1. The van der Waals surface area contributed by atoms with E-state index in [1.165, 1.54) is 43.0 Å². The van der Waals surface area contributed by atoms with Crippen molar-refractivity contribution >= 4 is 67.9 Å². The van der Waals surface area contributed by atoms with E-state index in [0.29, 0.717) is 37.0 Å². The van der Waals surface area contributed by atoms with Gasteiger partial charge in [0.25, 0.3) is 11.8 Å². The summed E-state index contributed by atoms with van der Waals surface area (Å²) in [7, 11) is 0. The molecule has 7 rings (SSSR count). The van der Waals surface area contributed by atoms with E-state index in [2.05, 4.69) is 36.8 Å². The van der Waals surface area contributed by atoms with Crippen molar-refractivity contribution in [1.29, 1.82) is 5.26 Å². The van der Waals surface area contributed by atoms with Gasteiger partial charge in [-0.3, -0.25) is 19.2 Å². The number of nitrogens with one attached hydrogen (secondary N) is 2. The van der Waals surface area contributed by atoms with Gasteiger partial charge in [-0.15, -0.1) is 0 Å². The highest BCUT2D eigenvalue weighted by Gasteiger charge is 2.51. The van der Waals surface area contributed by atoms with E-state index in [1.807, 2.05) is 10.9 Å². The fourth-order valence-corrected chi connectivity index (χ4v) is 8.64. The van der Waals surface area contributed by atoms with E-state index in [1.54, 1.807) is 16.9 Å². The van der Waals surface area contributed by atoms with Crippen LogP contribution in [0.2, 0.25) is 0 Å². The second-order valence-corrected chi connectivity index (χ2v) is 16.2. The summed E-state index contributed by atoms with van der Waals surface area (Å²) in [6, 6.07) is 8.13. The molecule has 0 unspecified atom stereocenters. The second-order valence-electron chi connectivity index (χ2n) is 15.0. The van der Waals surface area contributed by atoms with E-state index in [-0.39, 0.29) is 28.0 Å². The SMILES string of the molecule is CC1(C)C(=O)N(c2ccc(C#N)c(C(F)(F)F)c2)C(=S)N1c1ccc(C(=O)NCCCCCCn2cc(-c3cnn4c(N)c(Br)c([C@@H]5CCCNC5)nc34)cn2)c(F)c1. The smallest absolute Gasteiger partial charge is 0.383 e. The number of alkyl halides is 3. The maximum absolute atomic E-state index is 15.4. The Morgan fingerprint density at radius 3 is 2.59 bits per heavy atom. The van der Waals surface area contributed by atoms with Gasteiger partial charge >= 0.3 is 6.18 Å². The predicted octanol–water partition coefficient (Wildman–Crippen LogP) is 7.34. The van der Waals surface area contributed by atoms with Crippen LogP contribution in [0.5, 0.6) is 0 Å². The minimum atomic E-state index is -4.85. The zero-order valence-electron chi connectivity index (χ0n) is 32.1. The van der Waals surface area contributed by atoms with Crippen molar-refractivity contribution in [3.63, 3.8) is 0 Å². The highest BCUT2D eigenvalue weighted by Crippen LogP contribution is 2.40. The maximum atomic E-state index is 15.4. The Balaban J connectivity index is 0.906. The lowest BCUT2D eigenvalue weighted by atomic mass is 9.96. The number of aromatic nitrogens is 5. The molecular weight excluding hydrogens is 854 g/mol. The first-order valence-corrected chi connectivity index (χ1v) is 20.3. The van der Waals surface area contributed by atoms with Crippen LogP contribution >= 0.6 is 28.1 Å². The van der Waals surface area contributed by atoms with E-state index in [4.69, 9.17) is 22.9 Å². The molecule has 13 nitrogen and oxygen atoms in total. The number of thiocarbonyl (C=S) groups is 1. The number of nitriles is 1. The standard InChI is InChI=1S/C40H40BrF4N11O2S/c1-39(2)37(58)54(26-10-9-23(18-46)30(16-26)40(43,44)45)38(59)55(39)27-11-12-28(31(42)17-27)36(57)49-14-5-3-4-6-15-53-22-25(20-50-53)29-21-51-56-34(47)32(41)33(52-35(29)56)24-8-7-13-48-19-24/h9-12,16-17,20-22,24,48H,3-8,13-15,19,47H2,1-2H3,(H,49,57)/t24-/m1/s1. The van der Waals surface area contributed by atoms with Crippen LogP contribution in [-0.2, 0) is 17.5 Å². The molecule has 4 N–H and O–H groups in total. The number of hydrogen-bond acceptors (Lipinski definition) is 9. The molecule has 0 saturated carbocycles. The third-order valence-electron chi connectivity index (χ3n) is 10.7. The molecule has 2 fully saturated rings. The summed E-state index contributed by atoms with van der Waals surface area (Å²) < 4.78 is 60.8. The predicted molar refractivity (Wildman–Crippen MR) is 221 cm³/mol. The summed E-state index contributed by atoms with van der Waals surface area (Å²) in [5.41, 5.74) is 6.29. The number of carbonyl (C=O) groups is 2. The van der Waals surface area contributed by atoms with E-state index in [0.717, 1.165) is 83.5 Å².